The Kier molecular flexibility index (Phi) is 3.72. The van der Waals surface area contributed by atoms with Crippen LogP contribution in [0.2, 0.25) is 0 Å². The van der Waals surface area contributed by atoms with E-state index in [4.69, 9.17) is 9.56 Å². The number of sulfonamides is 1. The van der Waals surface area contributed by atoms with E-state index in [-0.39, 0.29) is 17.3 Å². The second-order valence-electron chi connectivity index (χ2n) is 3.89. The number of primary sulfonamides is 1. The molecule has 3 N–H and O–H groups in total. The molecule has 0 unspecified atom stereocenters. The number of benzene rings is 1. The lowest BCUT2D eigenvalue weighted by atomic mass is 10.2. The van der Waals surface area contributed by atoms with Crippen LogP contribution in [0.4, 0.5) is 11.4 Å². The van der Waals surface area contributed by atoms with Gasteiger partial charge in [-0.05, 0) is 18.2 Å². The molecular weight excluding hydrogens is 286 g/mol. The zero-order chi connectivity index (χ0) is 14.8. The van der Waals surface area contributed by atoms with Crippen molar-refractivity contribution in [3.63, 3.8) is 0 Å². The molecule has 0 saturated heterocycles. The molecule has 1 heterocycles. The van der Waals surface area contributed by atoms with E-state index in [1.807, 2.05) is 0 Å². The number of nitro benzene ring substituents is 1. The van der Waals surface area contributed by atoms with Gasteiger partial charge in [0, 0.05) is 6.07 Å². The Morgan fingerprint density at radius 3 is 2.55 bits per heavy atom. The molecule has 1 aromatic heterocycles. The van der Waals surface area contributed by atoms with Crippen LogP contribution in [0.3, 0.4) is 0 Å². The lowest BCUT2D eigenvalue weighted by Gasteiger charge is -2.04. The molecule has 0 radical (unpaired) electrons. The van der Waals surface area contributed by atoms with E-state index in [9.17, 15) is 18.5 Å². The van der Waals surface area contributed by atoms with Crippen LogP contribution in [-0.2, 0) is 16.6 Å². The number of nitrogens with two attached hydrogens (primary N) is 1. The van der Waals surface area contributed by atoms with Crippen LogP contribution in [0.25, 0.3) is 0 Å². The average molecular weight is 297 g/mol. The highest BCUT2D eigenvalue weighted by Gasteiger charge is 2.15. The molecule has 0 bridgehead atoms. The molecule has 1 aromatic carbocycles. The molecule has 0 aliphatic carbocycles. The van der Waals surface area contributed by atoms with Crippen molar-refractivity contribution in [2.45, 2.75) is 11.6 Å². The highest BCUT2D eigenvalue weighted by atomic mass is 32.2. The van der Waals surface area contributed by atoms with Crippen molar-refractivity contribution in [2.24, 2.45) is 5.14 Å². The average Bonchev–Trinajstić information content (AvgIpc) is 2.85. The van der Waals surface area contributed by atoms with Crippen LogP contribution in [0.1, 0.15) is 5.76 Å². The molecule has 0 fully saturated rings. The first-order valence-electron chi connectivity index (χ1n) is 5.47. The lowest BCUT2D eigenvalue weighted by Crippen LogP contribution is -2.10. The first-order valence-corrected chi connectivity index (χ1v) is 7.01. The van der Waals surface area contributed by atoms with Gasteiger partial charge in [-0.1, -0.05) is 12.1 Å². The number of nitro groups is 1. The van der Waals surface area contributed by atoms with Crippen LogP contribution in [0, 0.1) is 10.1 Å². The van der Waals surface area contributed by atoms with Gasteiger partial charge in [-0.25, -0.2) is 13.6 Å². The molecule has 2 aromatic rings. The minimum Gasteiger partial charge on any atom is -0.446 e. The van der Waals surface area contributed by atoms with Gasteiger partial charge in [0.2, 0.25) is 5.09 Å². The molecule has 0 saturated carbocycles. The van der Waals surface area contributed by atoms with Crippen molar-refractivity contribution in [3.8, 4) is 0 Å². The van der Waals surface area contributed by atoms with Crippen molar-refractivity contribution in [1.82, 2.24) is 0 Å². The maximum absolute atomic E-state index is 11.0. The van der Waals surface area contributed by atoms with Crippen LogP contribution >= 0.6 is 0 Å². The number of hydrogen-bond acceptors (Lipinski definition) is 6. The first-order chi connectivity index (χ1) is 9.38. The molecular formula is C11H11N3O5S. The highest BCUT2D eigenvalue weighted by Crippen LogP contribution is 2.24. The number of hydrogen-bond donors (Lipinski definition) is 2. The molecule has 0 aliphatic heterocycles. The van der Waals surface area contributed by atoms with E-state index in [1.165, 1.54) is 18.2 Å². The van der Waals surface area contributed by atoms with Crippen LogP contribution in [0.15, 0.2) is 45.9 Å². The van der Waals surface area contributed by atoms with Crippen LogP contribution < -0.4 is 10.5 Å². The predicted octanol–water partition coefficient (Wildman–Crippen LogP) is 1.45. The minimum absolute atomic E-state index is 0.0780. The Labute approximate surface area is 114 Å². The maximum Gasteiger partial charge on any atom is 0.292 e. The summed E-state index contributed by atoms with van der Waals surface area (Å²) in [4.78, 5) is 10.3. The number of para-hydroxylation sites is 2. The Balaban J connectivity index is 2.14. The summed E-state index contributed by atoms with van der Waals surface area (Å²) in [5.74, 6) is 0.298. The topological polar surface area (TPSA) is 128 Å². The van der Waals surface area contributed by atoms with E-state index in [0.29, 0.717) is 11.4 Å². The molecule has 0 atom stereocenters. The highest BCUT2D eigenvalue weighted by molar-refractivity contribution is 7.89. The molecule has 2 rings (SSSR count). The van der Waals surface area contributed by atoms with Gasteiger partial charge >= 0.3 is 0 Å². The van der Waals surface area contributed by atoms with Crippen molar-refractivity contribution >= 4 is 21.4 Å². The van der Waals surface area contributed by atoms with Gasteiger partial charge in [-0.3, -0.25) is 10.1 Å². The number of furan rings is 1. The summed E-state index contributed by atoms with van der Waals surface area (Å²) in [6.07, 6.45) is 0. The van der Waals surface area contributed by atoms with Gasteiger partial charge in [0.1, 0.15) is 11.4 Å². The van der Waals surface area contributed by atoms with Gasteiger partial charge in [0.05, 0.1) is 11.5 Å². The number of nitrogens with zero attached hydrogens (tertiary/aromatic N) is 1. The molecule has 8 nitrogen and oxygen atoms in total. The van der Waals surface area contributed by atoms with Gasteiger partial charge < -0.3 is 9.73 Å². The van der Waals surface area contributed by atoms with E-state index in [0.717, 1.165) is 0 Å². The van der Waals surface area contributed by atoms with Crippen molar-refractivity contribution in [2.75, 3.05) is 5.32 Å². The quantitative estimate of drug-likeness (QED) is 0.634. The standard InChI is InChI=1S/C11H11N3O5S/c12-20(17,18)11-6-5-8(19-11)7-13-9-3-1-2-4-10(9)14(15)16/h1-6,13H,7H2,(H2,12,17,18). The Hall–Kier alpha value is -2.39. The number of nitrogens with one attached hydrogen (secondary N) is 1. The van der Waals surface area contributed by atoms with Gasteiger partial charge in [0.25, 0.3) is 15.7 Å². The predicted molar refractivity (Wildman–Crippen MR) is 70.5 cm³/mol. The molecule has 0 spiro atoms. The van der Waals surface area contributed by atoms with Crippen molar-refractivity contribution in [1.29, 1.82) is 0 Å². The third-order valence-electron chi connectivity index (χ3n) is 2.47. The normalized spacial score (nSPS) is 11.2. The number of anilines is 1. The number of rotatable bonds is 5. The van der Waals surface area contributed by atoms with Crippen molar-refractivity contribution < 1.29 is 17.8 Å². The fourth-order valence-corrected chi connectivity index (χ4v) is 2.05. The van der Waals surface area contributed by atoms with E-state index in [2.05, 4.69) is 5.32 Å². The summed E-state index contributed by atoms with van der Waals surface area (Å²) >= 11 is 0. The summed E-state index contributed by atoms with van der Waals surface area (Å²) in [6, 6.07) is 8.76. The fraction of sp³-hybridized carbons (Fsp3) is 0.0909. The zero-order valence-corrected chi connectivity index (χ0v) is 11.0. The molecule has 9 heteroatoms. The second kappa shape index (κ2) is 5.31. The SMILES string of the molecule is NS(=O)(=O)c1ccc(CNc2ccccc2[N+](=O)[O-])o1. The van der Waals surface area contributed by atoms with Crippen LogP contribution in [-0.4, -0.2) is 13.3 Å². The Bertz CT molecular complexity index is 738. The first kappa shape index (κ1) is 14.0. The summed E-state index contributed by atoms with van der Waals surface area (Å²) in [5, 5.41) is 18.2. The molecule has 0 aliphatic rings. The molecule has 20 heavy (non-hydrogen) atoms. The van der Waals surface area contributed by atoms with Crippen molar-refractivity contribution in [3.05, 3.63) is 52.3 Å². The van der Waals surface area contributed by atoms with Gasteiger partial charge in [-0.15, -0.1) is 0 Å². The smallest absolute Gasteiger partial charge is 0.292 e. The summed E-state index contributed by atoms with van der Waals surface area (Å²) in [6.45, 7) is 0.0976. The van der Waals surface area contributed by atoms with Gasteiger partial charge in [0.15, 0.2) is 0 Å². The Morgan fingerprint density at radius 1 is 1.25 bits per heavy atom. The third-order valence-corrected chi connectivity index (χ3v) is 3.25. The molecule has 0 amide bonds. The fourth-order valence-electron chi connectivity index (χ4n) is 1.57. The second-order valence-corrected chi connectivity index (χ2v) is 5.39. The zero-order valence-electron chi connectivity index (χ0n) is 10.1. The third kappa shape index (κ3) is 3.13. The summed E-state index contributed by atoms with van der Waals surface area (Å²) in [5.41, 5.74) is 0.233. The van der Waals surface area contributed by atoms with E-state index < -0.39 is 14.9 Å². The van der Waals surface area contributed by atoms with E-state index in [1.54, 1.807) is 18.2 Å². The van der Waals surface area contributed by atoms with Crippen LogP contribution in [0.5, 0.6) is 0 Å². The monoisotopic (exact) mass is 297 g/mol. The lowest BCUT2D eigenvalue weighted by molar-refractivity contribution is -0.384. The maximum atomic E-state index is 11.0. The largest absolute Gasteiger partial charge is 0.446 e. The molecule has 106 valence electrons. The Morgan fingerprint density at radius 2 is 1.95 bits per heavy atom. The van der Waals surface area contributed by atoms with E-state index >= 15 is 0 Å². The summed E-state index contributed by atoms with van der Waals surface area (Å²) in [7, 11) is -3.89. The van der Waals surface area contributed by atoms with Gasteiger partial charge in [-0.2, -0.15) is 0 Å². The minimum atomic E-state index is -3.89. The summed E-state index contributed by atoms with van der Waals surface area (Å²) < 4.78 is 27.1.